The molecule has 2 amide bonds. The summed E-state index contributed by atoms with van der Waals surface area (Å²) in [5, 5.41) is 15.1. The topological polar surface area (TPSA) is 137 Å². The lowest BCUT2D eigenvalue weighted by atomic mass is 10.1. The van der Waals surface area contributed by atoms with Gasteiger partial charge in [0.2, 0.25) is 5.91 Å². The number of hydrogen-bond donors (Lipinski definition) is 4. The predicted octanol–water partition coefficient (Wildman–Crippen LogP) is -1.21. The molecular formula is C11H13N5O4. The van der Waals surface area contributed by atoms with Crippen LogP contribution >= 0.6 is 0 Å². The highest BCUT2D eigenvalue weighted by molar-refractivity contribution is 6.39. The van der Waals surface area contributed by atoms with Crippen LogP contribution in [0, 0.1) is 0 Å². The zero-order chi connectivity index (χ0) is 14.5. The van der Waals surface area contributed by atoms with Crippen molar-refractivity contribution in [2.75, 3.05) is 0 Å². The molecule has 0 saturated heterocycles. The Balaban J connectivity index is 1.99. The maximum Gasteiger partial charge on any atom is 0.326 e. The number of carbonyl (C=O) groups is 3. The zero-order valence-corrected chi connectivity index (χ0v) is 10.4. The molecule has 2 rings (SSSR count). The first-order chi connectivity index (χ1) is 9.56. The maximum atomic E-state index is 11.9. The van der Waals surface area contributed by atoms with Crippen LogP contribution in [0.3, 0.4) is 0 Å². The summed E-state index contributed by atoms with van der Waals surface area (Å²) in [6.45, 7) is 0. The predicted molar refractivity (Wildman–Crippen MR) is 66.7 cm³/mol. The molecule has 0 aromatic carbocycles. The number of hydrogen-bond acceptors (Lipinski definition) is 5. The Labute approximate surface area is 113 Å². The van der Waals surface area contributed by atoms with Crippen molar-refractivity contribution in [3.8, 4) is 0 Å². The standard InChI is InChI=1S/C11H13N5O4/c17-9-2-1-7(15-16-9)10(18)14-8(11(19)20)3-6-4-12-5-13-6/h4-5,8H,1-3H2,(H,12,13)(H,14,18)(H,16,17)(H,19,20)/t8-/m1/s1. The van der Waals surface area contributed by atoms with Crippen molar-refractivity contribution >= 4 is 23.5 Å². The molecular weight excluding hydrogens is 266 g/mol. The number of rotatable bonds is 5. The third-order valence-electron chi connectivity index (χ3n) is 2.75. The van der Waals surface area contributed by atoms with Gasteiger partial charge in [0.05, 0.1) is 6.33 Å². The van der Waals surface area contributed by atoms with Crippen LogP contribution in [-0.4, -0.2) is 44.6 Å². The van der Waals surface area contributed by atoms with Gasteiger partial charge in [-0.25, -0.2) is 15.2 Å². The van der Waals surface area contributed by atoms with Gasteiger partial charge in [0.25, 0.3) is 5.91 Å². The summed E-state index contributed by atoms with van der Waals surface area (Å²) in [5.74, 6) is -2.03. The summed E-state index contributed by atoms with van der Waals surface area (Å²) in [6.07, 6.45) is 3.34. The number of nitrogens with zero attached hydrogens (tertiary/aromatic N) is 2. The molecule has 0 fully saturated rings. The number of aromatic nitrogens is 2. The third-order valence-corrected chi connectivity index (χ3v) is 2.75. The van der Waals surface area contributed by atoms with E-state index in [2.05, 4.69) is 25.8 Å². The number of H-pyrrole nitrogens is 1. The van der Waals surface area contributed by atoms with E-state index in [1.165, 1.54) is 12.5 Å². The first-order valence-corrected chi connectivity index (χ1v) is 5.92. The minimum absolute atomic E-state index is 0.0840. The number of carboxylic acids is 1. The third kappa shape index (κ3) is 3.40. The van der Waals surface area contributed by atoms with Gasteiger partial charge >= 0.3 is 5.97 Å². The summed E-state index contributed by atoms with van der Waals surface area (Å²) in [6, 6.07) is -1.09. The van der Waals surface area contributed by atoms with Crippen LogP contribution in [-0.2, 0) is 20.8 Å². The molecule has 9 nitrogen and oxygen atoms in total. The monoisotopic (exact) mass is 279 g/mol. The first-order valence-electron chi connectivity index (χ1n) is 5.92. The zero-order valence-electron chi connectivity index (χ0n) is 10.4. The number of hydrazone groups is 1. The van der Waals surface area contributed by atoms with E-state index < -0.39 is 17.9 Å². The average molecular weight is 279 g/mol. The molecule has 1 atom stereocenters. The summed E-state index contributed by atoms with van der Waals surface area (Å²) >= 11 is 0. The second-order valence-electron chi connectivity index (χ2n) is 4.24. The Kier molecular flexibility index (Phi) is 4.08. The Morgan fingerprint density at radius 3 is 2.80 bits per heavy atom. The van der Waals surface area contributed by atoms with Gasteiger partial charge in [0.1, 0.15) is 11.8 Å². The van der Waals surface area contributed by atoms with Crippen molar-refractivity contribution in [1.82, 2.24) is 20.7 Å². The summed E-state index contributed by atoms with van der Waals surface area (Å²) in [5.41, 5.74) is 2.89. The second-order valence-corrected chi connectivity index (χ2v) is 4.24. The number of amides is 2. The first kappa shape index (κ1) is 13.7. The van der Waals surface area contributed by atoms with Gasteiger partial charge < -0.3 is 15.4 Å². The summed E-state index contributed by atoms with van der Waals surface area (Å²) in [4.78, 5) is 40.5. The Hall–Kier alpha value is -2.71. The van der Waals surface area contributed by atoms with E-state index in [0.29, 0.717) is 5.69 Å². The molecule has 0 saturated carbocycles. The molecule has 0 unspecified atom stereocenters. The maximum absolute atomic E-state index is 11.9. The fraction of sp³-hybridized carbons (Fsp3) is 0.364. The van der Waals surface area contributed by atoms with Crippen LogP contribution in [0.2, 0.25) is 0 Å². The molecule has 20 heavy (non-hydrogen) atoms. The SMILES string of the molecule is O=C1CCC(C(=O)N[C@H](Cc2cnc[nH]2)C(=O)O)=NN1. The van der Waals surface area contributed by atoms with Crippen molar-refractivity contribution in [2.24, 2.45) is 5.10 Å². The summed E-state index contributed by atoms with van der Waals surface area (Å²) in [7, 11) is 0. The Morgan fingerprint density at radius 1 is 1.45 bits per heavy atom. The Morgan fingerprint density at radius 2 is 2.25 bits per heavy atom. The van der Waals surface area contributed by atoms with Gasteiger partial charge in [-0.15, -0.1) is 0 Å². The summed E-state index contributed by atoms with van der Waals surface area (Å²) < 4.78 is 0. The molecule has 2 heterocycles. The smallest absolute Gasteiger partial charge is 0.326 e. The number of imidazole rings is 1. The van der Waals surface area contributed by atoms with Gasteiger partial charge in [-0.3, -0.25) is 9.59 Å². The molecule has 1 aliphatic rings. The Bertz CT molecular complexity index is 551. The molecule has 9 heteroatoms. The molecule has 0 bridgehead atoms. The fourth-order valence-corrected chi connectivity index (χ4v) is 1.70. The minimum Gasteiger partial charge on any atom is -0.480 e. The lowest BCUT2D eigenvalue weighted by Gasteiger charge is -2.16. The van der Waals surface area contributed by atoms with Crippen LogP contribution in [0.5, 0.6) is 0 Å². The van der Waals surface area contributed by atoms with Gasteiger partial charge in [-0.05, 0) is 0 Å². The van der Waals surface area contributed by atoms with E-state index in [4.69, 9.17) is 5.11 Å². The van der Waals surface area contributed by atoms with Gasteiger partial charge in [-0.2, -0.15) is 5.10 Å². The van der Waals surface area contributed by atoms with E-state index in [9.17, 15) is 14.4 Å². The lowest BCUT2D eigenvalue weighted by molar-refractivity contribution is -0.141. The van der Waals surface area contributed by atoms with E-state index in [0.717, 1.165) is 0 Å². The minimum atomic E-state index is -1.16. The second kappa shape index (κ2) is 5.95. The quantitative estimate of drug-likeness (QED) is 0.536. The molecule has 106 valence electrons. The van der Waals surface area contributed by atoms with Gasteiger partial charge in [0.15, 0.2) is 0 Å². The van der Waals surface area contributed by atoms with E-state index in [1.807, 2.05) is 0 Å². The molecule has 1 aromatic rings. The van der Waals surface area contributed by atoms with Crippen LogP contribution in [0.4, 0.5) is 0 Å². The van der Waals surface area contributed by atoms with E-state index >= 15 is 0 Å². The highest BCUT2D eigenvalue weighted by Gasteiger charge is 2.25. The van der Waals surface area contributed by atoms with Gasteiger partial charge in [0, 0.05) is 31.2 Å². The average Bonchev–Trinajstić information content (AvgIpc) is 2.91. The van der Waals surface area contributed by atoms with Crippen molar-refractivity contribution in [1.29, 1.82) is 0 Å². The fourth-order valence-electron chi connectivity index (χ4n) is 1.70. The largest absolute Gasteiger partial charge is 0.480 e. The molecule has 0 radical (unpaired) electrons. The van der Waals surface area contributed by atoms with E-state index in [-0.39, 0.29) is 30.9 Å². The van der Waals surface area contributed by atoms with Crippen molar-refractivity contribution in [3.05, 3.63) is 18.2 Å². The molecule has 0 spiro atoms. The molecule has 0 aliphatic carbocycles. The van der Waals surface area contributed by atoms with Crippen molar-refractivity contribution < 1.29 is 19.5 Å². The highest BCUT2D eigenvalue weighted by atomic mass is 16.4. The number of aromatic amines is 1. The lowest BCUT2D eigenvalue weighted by Crippen LogP contribution is -2.46. The normalized spacial score (nSPS) is 16.0. The van der Waals surface area contributed by atoms with Crippen molar-refractivity contribution in [2.45, 2.75) is 25.3 Å². The van der Waals surface area contributed by atoms with Crippen LogP contribution in [0.15, 0.2) is 17.6 Å². The number of aliphatic carboxylic acids is 1. The molecule has 1 aliphatic heterocycles. The van der Waals surface area contributed by atoms with Crippen LogP contribution in [0.25, 0.3) is 0 Å². The molecule has 4 N–H and O–H groups in total. The van der Waals surface area contributed by atoms with Gasteiger partial charge in [-0.1, -0.05) is 0 Å². The number of nitrogens with one attached hydrogen (secondary N) is 3. The van der Waals surface area contributed by atoms with E-state index in [1.54, 1.807) is 0 Å². The van der Waals surface area contributed by atoms with Crippen molar-refractivity contribution in [3.63, 3.8) is 0 Å². The molecule has 1 aromatic heterocycles. The number of carbonyl (C=O) groups excluding carboxylic acids is 2. The van der Waals surface area contributed by atoms with Crippen LogP contribution < -0.4 is 10.7 Å². The highest BCUT2D eigenvalue weighted by Crippen LogP contribution is 2.03. The van der Waals surface area contributed by atoms with Crippen LogP contribution in [0.1, 0.15) is 18.5 Å². The number of carboxylic acid groups (broad SMARTS) is 1.